The zero-order valence-electron chi connectivity index (χ0n) is 12.4. The number of halogens is 1. The summed E-state index contributed by atoms with van der Waals surface area (Å²) in [5, 5.41) is 0. The fourth-order valence-corrected chi connectivity index (χ4v) is 3.00. The van der Waals surface area contributed by atoms with Gasteiger partial charge >= 0.3 is 0 Å². The van der Waals surface area contributed by atoms with Crippen LogP contribution in [0.15, 0.2) is 77.8 Å². The Labute approximate surface area is 138 Å². The lowest BCUT2D eigenvalue weighted by Crippen LogP contribution is -2.14. The molecule has 0 spiro atoms. The van der Waals surface area contributed by atoms with Crippen LogP contribution >= 0.6 is 0 Å². The fraction of sp³-hybridized carbons (Fsp3) is 0. The number of sulfonamides is 1. The van der Waals surface area contributed by atoms with Gasteiger partial charge in [0, 0.05) is 0 Å². The number of nitrogens with one attached hydrogen (secondary N) is 1. The van der Waals surface area contributed by atoms with Crippen LogP contribution in [0.25, 0.3) is 0 Å². The molecule has 0 saturated carbocycles. The Kier molecular flexibility index (Phi) is 4.43. The van der Waals surface area contributed by atoms with E-state index in [0.29, 0.717) is 11.5 Å². The van der Waals surface area contributed by atoms with Crippen LogP contribution in [0.2, 0.25) is 0 Å². The summed E-state index contributed by atoms with van der Waals surface area (Å²) in [7, 11) is -3.90. The molecule has 0 atom stereocenters. The third kappa shape index (κ3) is 3.88. The molecule has 24 heavy (non-hydrogen) atoms. The Hall–Kier alpha value is -2.93. The summed E-state index contributed by atoms with van der Waals surface area (Å²) in [5.41, 5.74) is 0. The molecule has 0 bridgehead atoms. The van der Waals surface area contributed by atoms with Gasteiger partial charge in [-0.1, -0.05) is 24.3 Å². The van der Waals surface area contributed by atoms with Crippen LogP contribution in [0.3, 0.4) is 0 Å². The first-order valence-electron chi connectivity index (χ1n) is 7.00. The maximum Gasteiger partial charge on any atom is 0.263 e. The van der Waals surface area contributed by atoms with Crippen molar-refractivity contribution in [3.05, 3.63) is 78.7 Å². The van der Waals surface area contributed by atoms with Gasteiger partial charge in [0.15, 0.2) is 0 Å². The van der Waals surface area contributed by atoms with Crippen molar-refractivity contribution in [3.63, 3.8) is 0 Å². The van der Waals surface area contributed by atoms with Crippen molar-refractivity contribution >= 4 is 15.8 Å². The molecule has 122 valence electrons. The number of para-hydroxylation sites is 1. The SMILES string of the molecule is O=S(=O)(Nc1ccc(Oc2ccccc2)cn1)c1cccc(F)c1. The molecule has 0 fully saturated rings. The average Bonchev–Trinajstić information content (AvgIpc) is 2.57. The van der Waals surface area contributed by atoms with Gasteiger partial charge < -0.3 is 4.74 Å². The largest absolute Gasteiger partial charge is 0.456 e. The molecule has 2 aromatic carbocycles. The van der Waals surface area contributed by atoms with Gasteiger partial charge in [0.1, 0.15) is 23.1 Å². The van der Waals surface area contributed by atoms with Gasteiger partial charge in [-0.15, -0.1) is 0 Å². The first kappa shape index (κ1) is 15.9. The van der Waals surface area contributed by atoms with E-state index in [9.17, 15) is 12.8 Å². The molecular weight excluding hydrogens is 331 g/mol. The van der Waals surface area contributed by atoms with Crippen molar-refractivity contribution in [2.45, 2.75) is 4.90 Å². The number of pyridine rings is 1. The zero-order chi connectivity index (χ0) is 17.0. The van der Waals surface area contributed by atoms with Gasteiger partial charge in [0.2, 0.25) is 0 Å². The molecule has 0 aliphatic carbocycles. The van der Waals surface area contributed by atoms with E-state index in [1.807, 2.05) is 18.2 Å². The van der Waals surface area contributed by atoms with Crippen LogP contribution in [-0.4, -0.2) is 13.4 Å². The van der Waals surface area contributed by atoms with E-state index < -0.39 is 15.8 Å². The Morgan fingerprint density at radius 2 is 1.71 bits per heavy atom. The van der Waals surface area contributed by atoms with Crippen LogP contribution in [0.4, 0.5) is 10.2 Å². The fourth-order valence-electron chi connectivity index (χ4n) is 1.96. The normalized spacial score (nSPS) is 11.0. The molecule has 7 heteroatoms. The van der Waals surface area contributed by atoms with Gasteiger partial charge in [0.25, 0.3) is 10.0 Å². The molecule has 1 N–H and O–H groups in total. The summed E-state index contributed by atoms with van der Waals surface area (Å²) >= 11 is 0. The number of benzene rings is 2. The molecule has 0 aliphatic heterocycles. The Balaban J connectivity index is 1.74. The molecule has 0 radical (unpaired) electrons. The highest BCUT2D eigenvalue weighted by Gasteiger charge is 2.15. The lowest BCUT2D eigenvalue weighted by Gasteiger charge is -2.09. The molecule has 5 nitrogen and oxygen atoms in total. The summed E-state index contributed by atoms with van der Waals surface area (Å²) in [4.78, 5) is 3.83. The van der Waals surface area contributed by atoms with Gasteiger partial charge in [-0.2, -0.15) is 0 Å². The van der Waals surface area contributed by atoms with Crippen molar-refractivity contribution in [2.75, 3.05) is 4.72 Å². The highest BCUT2D eigenvalue weighted by atomic mass is 32.2. The third-order valence-electron chi connectivity index (χ3n) is 3.06. The minimum Gasteiger partial charge on any atom is -0.456 e. The highest BCUT2D eigenvalue weighted by Crippen LogP contribution is 2.22. The van der Waals surface area contributed by atoms with Crippen molar-refractivity contribution in [2.24, 2.45) is 0 Å². The molecule has 0 amide bonds. The number of anilines is 1. The van der Waals surface area contributed by atoms with E-state index in [1.54, 1.807) is 18.2 Å². The quantitative estimate of drug-likeness (QED) is 0.764. The Morgan fingerprint density at radius 1 is 0.917 bits per heavy atom. The smallest absolute Gasteiger partial charge is 0.263 e. The molecular formula is C17H13FN2O3S. The molecule has 3 rings (SSSR count). The number of ether oxygens (including phenoxy) is 1. The van der Waals surface area contributed by atoms with E-state index in [2.05, 4.69) is 9.71 Å². The van der Waals surface area contributed by atoms with Crippen LogP contribution in [-0.2, 0) is 10.0 Å². The first-order chi connectivity index (χ1) is 11.5. The summed E-state index contributed by atoms with van der Waals surface area (Å²) < 4.78 is 45.4. The van der Waals surface area contributed by atoms with E-state index in [4.69, 9.17) is 4.74 Å². The van der Waals surface area contributed by atoms with Crippen molar-refractivity contribution in [3.8, 4) is 11.5 Å². The molecule has 1 aromatic heterocycles. The molecule has 1 heterocycles. The average molecular weight is 344 g/mol. The lowest BCUT2D eigenvalue weighted by molar-refractivity contribution is 0.480. The maximum atomic E-state index is 13.2. The topological polar surface area (TPSA) is 68.3 Å². The van der Waals surface area contributed by atoms with Crippen LogP contribution < -0.4 is 9.46 Å². The van der Waals surface area contributed by atoms with Crippen molar-refractivity contribution in [1.82, 2.24) is 4.98 Å². The second-order valence-corrected chi connectivity index (χ2v) is 6.54. The van der Waals surface area contributed by atoms with Gasteiger partial charge in [-0.05, 0) is 42.5 Å². The van der Waals surface area contributed by atoms with Crippen molar-refractivity contribution in [1.29, 1.82) is 0 Å². The second kappa shape index (κ2) is 6.67. The van der Waals surface area contributed by atoms with E-state index in [-0.39, 0.29) is 10.7 Å². The minimum atomic E-state index is -3.90. The maximum absolute atomic E-state index is 13.2. The number of nitrogens with zero attached hydrogens (tertiary/aromatic N) is 1. The predicted molar refractivity (Wildman–Crippen MR) is 88.0 cm³/mol. The standard InChI is InChI=1S/C17H13FN2O3S/c18-13-5-4-8-16(11-13)24(21,22)20-17-10-9-15(12-19-17)23-14-6-2-1-3-7-14/h1-12H,(H,19,20). The van der Waals surface area contributed by atoms with Crippen LogP contribution in [0.5, 0.6) is 11.5 Å². The number of rotatable bonds is 5. The molecule has 0 unspecified atom stereocenters. The summed E-state index contributed by atoms with van der Waals surface area (Å²) in [5.74, 6) is 0.597. The Morgan fingerprint density at radius 3 is 2.38 bits per heavy atom. The molecule has 0 saturated heterocycles. The summed E-state index contributed by atoms with van der Waals surface area (Å²) in [6.07, 6.45) is 1.40. The number of hydrogen-bond donors (Lipinski definition) is 1. The lowest BCUT2D eigenvalue weighted by atomic mass is 10.3. The van der Waals surface area contributed by atoms with Crippen LogP contribution in [0.1, 0.15) is 0 Å². The van der Waals surface area contributed by atoms with Gasteiger partial charge in [-0.3, -0.25) is 4.72 Å². The zero-order valence-corrected chi connectivity index (χ0v) is 13.2. The van der Waals surface area contributed by atoms with E-state index in [1.165, 1.54) is 30.5 Å². The summed E-state index contributed by atoms with van der Waals surface area (Å²) in [6.45, 7) is 0. The van der Waals surface area contributed by atoms with Crippen molar-refractivity contribution < 1.29 is 17.5 Å². The monoisotopic (exact) mass is 344 g/mol. The summed E-state index contributed by atoms with van der Waals surface area (Å²) in [6, 6.07) is 16.9. The highest BCUT2D eigenvalue weighted by molar-refractivity contribution is 7.92. The predicted octanol–water partition coefficient (Wildman–Crippen LogP) is 3.81. The van der Waals surface area contributed by atoms with E-state index in [0.717, 1.165) is 6.07 Å². The third-order valence-corrected chi connectivity index (χ3v) is 4.41. The molecule has 3 aromatic rings. The first-order valence-corrected chi connectivity index (χ1v) is 8.49. The van der Waals surface area contributed by atoms with Gasteiger partial charge in [-0.25, -0.2) is 17.8 Å². The van der Waals surface area contributed by atoms with Gasteiger partial charge in [0.05, 0.1) is 11.1 Å². The minimum absolute atomic E-state index is 0.111. The van der Waals surface area contributed by atoms with E-state index >= 15 is 0 Å². The second-order valence-electron chi connectivity index (χ2n) is 4.86. The number of hydrogen-bond acceptors (Lipinski definition) is 4. The van der Waals surface area contributed by atoms with Crippen LogP contribution in [0, 0.1) is 5.82 Å². The number of aromatic nitrogens is 1. The molecule has 0 aliphatic rings. The Bertz CT molecular complexity index is 930.